The number of anilines is 1. The average Bonchev–Trinajstić information content (AvgIpc) is 3.03. The van der Waals surface area contributed by atoms with Gasteiger partial charge in [0, 0.05) is 0 Å². The second kappa shape index (κ2) is 7.07. The molecule has 0 amide bonds. The van der Waals surface area contributed by atoms with E-state index < -0.39 is 0 Å². The SMILES string of the molecule is CCCCCOc1ccc([C@@H]2N=C(N)Nc3nc4ccccc4n32)cc1. The highest BCUT2D eigenvalue weighted by atomic mass is 16.5. The zero-order valence-electron chi connectivity index (χ0n) is 14.9. The first-order chi connectivity index (χ1) is 12.8. The van der Waals surface area contributed by atoms with Gasteiger partial charge in [-0.15, -0.1) is 0 Å². The van der Waals surface area contributed by atoms with Crippen molar-refractivity contribution in [3.05, 3.63) is 54.1 Å². The third-order valence-electron chi connectivity index (χ3n) is 4.54. The third kappa shape index (κ3) is 3.10. The third-order valence-corrected chi connectivity index (χ3v) is 4.54. The van der Waals surface area contributed by atoms with Gasteiger partial charge in [0.25, 0.3) is 0 Å². The van der Waals surface area contributed by atoms with Gasteiger partial charge in [-0.3, -0.25) is 9.88 Å². The van der Waals surface area contributed by atoms with Crippen LogP contribution in [0.5, 0.6) is 5.75 Å². The van der Waals surface area contributed by atoms with Crippen molar-refractivity contribution >= 4 is 22.9 Å². The van der Waals surface area contributed by atoms with Crippen LogP contribution >= 0.6 is 0 Å². The maximum Gasteiger partial charge on any atom is 0.212 e. The van der Waals surface area contributed by atoms with Crippen LogP contribution in [0.3, 0.4) is 0 Å². The van der Waals surface area contributed by atoms with Crippen molar-refractivity contribution < 1.29 is 4.74 Å². The number of nitrogens with one attached hydrogen (secondary N) is 1. The van der Waals surface area contributed by atoms with Gasteiger partial charge in [-0.1, -0.05) is 44.0 Å². The number of fused-ring (bicyclic) bond motifs is 3. The Morgan fingerprint density at radius 1 is 1.12 bits per heavy atom. The van der Waals surface area contributed by atoms with Gasteiger partial charge in [0.15, 0.2) is 12.1 Å². The highest BCUT2D eigenvalue weighted by Crippen LogP contribution is 2.32. The molecule has 0 saturated heterocycles. The second-order valence-corrected chi connectivity index (χ2v) is 6.43. The number of rotatable bonds is 6. The Hall–Kier alpha value is -3.02. The van der Waals surface area contributed by atoms with Crippen LogP contribution in [0.2, 0.25) is 0 Å². The fourth-order valence-corrected chi connectivity index (χ4v) is 3.22. The van der Waals surface area contributed by atoms with E-state index in [4.69, 9.17) is 10.5 Å². The van der Waals surface area contributed by atoms with E-state index in [1.54, 1.807) is 0 Å². The van der Waals surface area contributed by atoms with E-state index >= 15 is 0 Å². The van der Waals surface area contributed by atoms with E-state index in [0.29, 0.717) is 11.9 Å². The van der Waals surface area contributed by atoms with Gasteiger partial charge in [-0.25, -0.2) is 9.98 Å². The van der Waals surface area contributed by atoms with Crippen molar-refractivity contribution in [2.75, 3.05) is 11.9 Å². The first-order valence-electron chi connectivity index (χ1n) is 9.06. The lowest BCUT2D eigenvalue weighted by Gasteiger charge is -2.24. The second-order valence-electron chi connectivity index (χ2n) is 6.43. The van der Waals surface area contributed by atoms with Crippen LogP contribution in [0.25, 0.3) is 11.0 Å². The zero-order chi connectivity index (χ0) is 17.9. The minimum atomic E-state index is -0.243. The van der Waals surface area contributed by atoms with Crippen LogP contribution in [-0.4, -0.2) is 22.1 Å². The predicted octanol–water partition coefficient (Wildman–Crippen LogP) is 3.89. The van der Waals surface area contributed by atoms with E-state index in [1.807, 2.05) is 48.5 Å². The normalized spacial score (nSPS) is 16.0. The number of aromatic nitrogens is 2. The fraction of sp³-hybridized carbons (Fsp3) is 0.300. The van der Waals surface area contributed by atoms with E-state index in [9.17, 15) is 0 Å². The van der Waals surface area contributed by atoms with Gasteiger partial charge >= 0.3 is 0 Å². The summed E-state index contributed by atoms with van der Waals surface area (Å²) in [7, 11) is 0. The molecule has 0 aliphatic carbocycles. The highest BCUT2D eigenvalue weighted by Gasteiger charge is 2.24. The maximum absolute atomic E-state index is 5.98. The molecular weight excluding hydrogens is 326 g/mol. The number of nitrogens with two attached hydrogens (primary N) is 1. The minimum Gasteiger partial charge on any atom is -0.494 e. The Bertz CT molecular complexity index is 929. The van der Waals surface area contributed by atoms with Crippen LogP contribution in [0.4, 0.5) is 5.95 Å². The summed E-state index contributed by atoms with van der Waals surface area (Å²) in [5.74, 6) is 1.97. The molecular formula is C20H23N5O. The van der Waals surface area contributed by atoms with Crippen molar-refractivity contribution in [2.24, 2.45) is 10.7 Å². The number of nitrogens with zero attached hydrogens (tertiary/aromatic N) is 3. The summed E-state index contributed by atoms with van der Waals surface area (Å²) in [5, 5.41) is 3.06. The fourth-order valence-electron chi connectivity index (χ4n) is 3.22. The number of hydrogen-bond acceptors (Lipinski definition) is 5. The zero-order valence-corrected chi connectivity index (χ0v) is 14.9. The lowest BCUT2D eigenvalue weighted by Crippen LogP contribution is -2.31. The lowest BCUT2D eigenvalue weighted by molar-refractivity contribution is 0.306. The number of unbranched alkanes of at least 4 members (excludes halogenated alkanes) is 2. The van der Waals surface area contributed by atoms with E-state index in [2.05, 4.69) is 26.8 Å². The molecule has 2 heterocycles. The molecule has 2 aromatic carbocycles. The summed E-state index contributed by atoms with van der Waals surface area (Å²) in [6.45, 7) is 2.94. The molecule has 4 rings (SSSR count). The molecule has 134 valence electrons. The van der Waals surface area contributed by atoms with Crippen molar-refractivity contribution in [3.63, 3.8) is 0 Å². The molecule has 26 heavy (non-hydrogen) atoms. The summed E-state index contributed by atoms with van der Waals surface area (Å²) >= 11 is 0. The number of aliphatic imine (C=N–C) groups is 1. The van der Waals surface area contributed by atoms with Gasteiger partial charge in [-0.2, -0.15) is 0 Å². The van der Waals surface area contributed by atoms with Crippen LogP contribution in [-0.2, 0) is 0 Å². The van der Waals surface area contributed by atoms with Gasteiger partial charge in [0.05, 0.1) is 17.6 Å². The largest absolute Gasteiger partial charge is 0.494 e. The van der Waals surface area contributed by atoms with Crippen molar-refractivity contribution in [1.82, 2.24) is 9.55 Å². The van der Waals surface area contributed by atoms with E-state index in [1.165, 1.54) is 12.8 Å². The van der Waals surface area contributed by atoms with Gasteiger partial charge in [0.1, 0.15) is 5.75 Å². The summed E-state index contributed by atoms with van der Waals surface area (Å²) in [4.78, 5) is 9.22. The van der Waals surface area contributed by atoms with Crippen LogP contribution in [0.15, 0.2) is 53.5 Å². The van der Waals surface area contributed by atoms with Crippen molar-refractivity contribution in [3.8, 4) is 5.75 Å². The van der Waals surface area contributed by atoms with E-state index in [0.717, 1.165) is 35.4 Å². The summed E-state index contributed by atoms with van der Waals surface area (Å²) in [6, 6.07) is 16.1. The predicted molar refractivity (Wildman–Crippen MR) is 105 cm³/mol. The Labute approximate surface area is 152 Å². The van der Waals surface area contributed by atoms with Gasteiger partial charge in [-0.05, 0) is 36.2 Å². The Kier molecular flexibility index (Phi) is 4.48. The molecule has 3 aromatic rings. The number of hydrogen-bond donors (Lipinski definition) is 2. The maximum atomic E-state index is 5.98. The van der Waals surface area contributed by atoms with E-state index in [-0.39, 0.29) is 6.17 Å². The first-order valence-corrected chi connectivity index (χ1v) is 9.06. The Balaban J connectivity index is 1.62. The molecule has 1 aliphatic rings. The summed E-state index contributed by atoms with van der Waals surface area (Å²) in [6.07, 6.45) is 3.22. The number of para-hydroxylation sites is 2. The van der Waals surface area contributed by atoms with Gasteiger partial charge < -0.3 is 10.5 Å². The molecule has 3 N–H and O–H groups in total. The Morgan fingerprint density at radius 2 is 1.92 bits per heavy atom. The molecule has 0 spiro atoms. The number of ether oxygens (including phenoxy) is 1. The molecule has 0 unspecified atom stereocenters. The van der Waals surface area contributed by atoms with Crippen LogP contribution < -0.4 is 15.8 Å². The molecule has 0 bridgehead atoms. The highest BCUT2D eigenvalue weighted by molar-refractivity contribution is 5.94. The summed E-state index contributed by atoms with van der Waals surface area (Å²) < 4.78 is 7.88. The topological polar surface area (TPSA) is 77.5 Å². The number of guanidine groups is 1. The summed E-state index contributed by atoms with van der Waals surface area (Å²) in [5.41, 5.74) is 8.97. The standard InChI is InChI=1S/C20H23N5O/c1-2-3-6-13-26-15-11-9-14(10-12-15)18-23-19(21)24-20-22-16-7-4-5-8-17(16)25(18)20/h4-5,7-12,18H,2-3,6,13H2,1H3,(H3,21,22,23,24)/t18-/m1/s1. The van der Waals surface area contributed by atoms with Gasteiger partial charge in [0.2, 0.25) is 5.95 Å². The minimum absolute atomic E-state index is 0.243. The molecule has 6 nitrogen and oxygen atoms in total. The molecule has 1 aliphatic heterocycles. The van der Waals surface area contributed by atoms with Crippen molar-refractivity contribution in [1.29, 1.82) is 0 Å². The molecule has 0 saturated carbocycles. The van der Waals surface area contributed by atoms with Crippen LogP contribution in [0, 0.1) is 0 Å². The quantitative estimate of drug-likeness (QED) is 0.662. The van der Waals surface area contributed by atoms with Crippen molar-refractivity contribution in [2.45, 2.75) is 32.4 Å². The Morgan fingerprint density at radius 3 is 2.73 bits per heavy atom. The molecule has 1 atom stereocenters. The first kappa shape index (κ1) is 16.4. The molecule has 0 fully saturated rings. The molecule has 0 radical (unpaired) electrons. The average molecular weight is 349 g/mol. The number of imidazole rings is 1. The lowest BCUT2D eigenvalue weighted by atomic mass is 10.1. The molecule has 6 heteroatoms. The van der Waals surface area contributed by atoms with Crippen LogP contribution in [0.1, 0.15) is 37.9 Å². The number of benzene rings is 2. The monoisotopic (exact) mass is 349 g/mol. The molecule has 1 aromatic heterocycles. The smallest absolute Gasteiger partial charge is 0.212 e.